The van der Waals surface area contributed by atoms with Gasteiger partial charge in [-0.05, 0) is 24.0 Å². The van der Waals surface area contributed by atoms with Gasteiger partial charge in [-0.3, -0.25) is 9.89 Å². The van der Waals surface area contributed by atoms with Crippen LogP contribution < -0.4 is 10.6 Å². The number of hydrogen-bond donors (Lipinski definition) is 2. The molecule has 1 aromatic heterocycles. The van der Waals surface area contributed by atoms with Crippen LogP contribution in [0.5, 0.6) is 0 Å². The van der Waals surface area contributed by atoms with Crippen molar-refractivity contribution in [1.82, 2.24) is 15.5 Å². The van der Waals surface area contributed by atoms with E-state index in [9.17, 15) is 0 Å². The molecule has 0 aliphatic carbocycles. The fourth-order valence-corrected chi connectivity index (χ4v) is 3.10. The summed E-state index contributed by atoms with van der Waals surface area (Å²) in [5.41, 5.74) is 0. The largest absolute Gasteiger partial charge is 0.469 e. The van der Waals surface area contributed by atoms with Crippen molar-refractivity contribution >= 4 is 5.96 Å². The first-order chi connectivity index (χ1) is 12.6. The molecular formula is C20H36N4O2. The topological polar surface area (TPSA) is 62.0 Å². The van der Waals surface area contributed by atoms with Gasteiger partial charge in [-0.1, -0.05) is 27.7 Å². The maximum atomic E-state index is 5.50. The second kappa shape index (κ2) is 11.2. The predicted molar refractivity (Wildman–Crippen MR) is 107 cm³/mol. The molecule has 1 saturated heterocycles. The predicted octanol–water partition coefficient (Wildman–Crippen LogP) is 2.37. The molecule has 1 fully saturated rings. The minimum atomic E-state index is 0.482. The summed E-state index contributed by atoms with van der Waals surface area (Å²) in [4.78, 5) is 7.27. The Kier molecular flexibility index (Phi) is 8.98. The Balaban J connectivity index is 1.87. The van der Waals surface area contributed by atoms with Crippen LogP contribution in [0.25, 0.3) is 0 Å². The molecule has 1 aliphatic heterocycles. The van der Waals surface area contributed by atoms with Crippen LogP contribution in [0.1, 0.15) is 33.5 Å². The van der Waals surface area contributed by atoms with Gasteiger partial charge in [0.25, 0.3) is 0 Å². The fraction of sp³-hybridized carbons (Fsp3) is 0.750. The normalized spacial score (nSPS) is 17.7. The second-order valence-electron chi connectivity index (χ2n) is 7.68. The molecule has 26 heavy (non-hydrogen) atoms. The van der Waals surface area contributed by atoms with Gasteiger partial charge in [0.1, 0.15) is 5.76 Å². The van der Waals surface area contributed by atoms with E-state index in [1.807, 2.05) is 12.1 Å². The highest BCUT2D eigenvalue weighted by Gasteiger charge is 2.23. The van der Waals surface area contributed by atoms with E-state index in [0.29, 0.717) is 17.9 Å². The number of nitrogens with one attached hydrogen (secondary N) is 2. The second-order valence-corrected chi connectivity index (χ2v) is 7.68. The summed E-state index contributed by atoms with van der Waals surface area (Å²) in [6.07, 6.45) is 2.57. The zero-order valence-electron chi connectivity index (χ0n) is 16.8. The Morgan fingerprint density at radius 1 is 1.19 bits per heavy atom. The minimum Gasteiger partial charge on any atom is -0.469 e. The third-order valence-electron chi connectivity index (χ3n) is 4.62. The van der Waals surface area contributed by atoms with Gasteiger partial charge in [0.2, 0.25) is 0 Å². The van der Waals surface area contributed by atoms with Crippen molar-refractivity contribution in [2.24, 2.45) is 16.8 Å². The highest BCUT2D eigenvalue weighted by atomic mass is 16.5. The maximum Gasteiger partial charge on any atom is 0.191 e. The number of hydrogen-bond acceptors (Lipinski definition) is 4. The molecule has 6 heteroatoms. The number of morpholine rings is 1. The number of furan rings is 1. The van der Waals surface area contributed by atoms with Crippen LogP contribution in [-0.2, 0) is 11.2 Å². The molecule has 0 saturated carbocycles. The SMILES string of the molecule is CC(C)CN=C(NCCc1ccco1)NCC(C(C)C)N1CCOCC1. The average Bonchev–Trinajstić information content (AvgIpc) is 3.13. The zero-order chi connectivity index (χ0) is 18.8. The lowest BCUT2D eigenvalue weighted by Crippen LogP contribution is -2.52. The molecule has 0 amide bonds. The van der Waals surface area contributed by atoms with Crippen molar-refractivity contribution in [3.05, 3.63) is 24.2 Å². The highest BCUT2D eigenvalue weighted by Crippen LogP contribution is 2.12. The third-order valence-corrected chi connectivity index (χ3v) is 4.62. The van der Waals surface area contributed by atoms with Crippen LogP contribution in [0.15, 0.2) is 27.8 Å². The number of nitrogens with zero attached hydrogens (tertiary/aromatic N) is 2. The van der Waals surface area contributed by atoms with E-state index in [2.05, 4.69) is 43.2 Å². The van der Waals surface area contributed by atoms with Crippen LogP contribution >= 0.6 is 0 Å². The summed E-state index contributed by atoms with van der Waals surface area (Å²) in [6.45, 7) is 15.2. The van der Waals surface area contributed by atoms with Crippen LogP contribution in [-0.4, -0.2) is 62.8 Å². The first-order valence-electron chi connectivity index (χ1n) is 9.92. The van der Waals surface area contributed by atoms with E-state index in [1.54, 1.807) is 6.26 Å². The van der Waals surface area contributed by atoms with Gasteiger partial charge in [-0.25, -0.2) is 0 Å². The van der Waals surface area contributed by atoms with Crippen molar-refractivity contribution in [1.29, 1.82) is 0 Å². The number of guanidine groups is 1. The van der Waals surface area contributed by atoms with Gasteiger partial charge in [0.05, 0.1) is 19.5 Å². The van der Waals surface area contributed by atoms with Gasteiger partial charge in [0, 0.05) is 45.2 Å². The van der Waals surface area contributed by atoms with E-state index in [1.165, 1.54) is 0 Å². The van der Waals surface area contributed by atoms with Gasteiger partial charge in [-0.2, -0.15) is 0 Å². The summed E-state index contributed by atoms with van der Waals surface area (Å²) in [5, 5.41) is 7.01. The number of ether oxygens (including phenoxy) is 1. The smallest absolute Gasteiger partial charge is 0.191 e. The summed E-state index contributed by atoms with van der Waals surface area (Å²) in [5.74, 6) is 3.01. The van der Waals surface area contributed by atoms with Gasteiger partial charge in [0.15, 0.2) is 5.96 Å². The molecule has 2 rings (SSSR count). The van der Waals surface area contributed by atoms with Crippen LogP contribution in [0.4, 0.5) is 0 Å². The summed E-state index contributed by atoms with van der Waals surface area (Å²) in [7, 11) is 0. The molecule has 148 valence electrons. The number of aliphatic imine (C=N–C) groups is 1. The molecule has 2 heterocycles. The Labute approximate surface area is 158 Å². The quantitative estimate of drug-likeness (QED) is 0.520. The summed E-state index contributed by atoms with van der Waals surface area (Å²) >= 11 is 0. The van der Waals surface area contributed by atoms with Gasteiger partial charge in [-0.15, -0.1) is 0 Å². The molecule has 1 atom stereocenters. The molecule has 1 unspecified atom stereocenters. The standard InChI is InChI=1S/C20H36N4O2/c1-16(2)14-22-20(21-8-7-18-6-5-11-26-18)23-15-19(17(3)4)24-9-12-25-13-10-24/h5-6,11,16-17,19H,7-10,12-15H2,1-4H3,(H2,21,22,23). The lowest BCUT2D eigenvalue weighted by Gasteiger charge is -2.37. The van der Waals surface area contributed by atoms with Crippen molar-refractivity contribution in [3.63, 3.8) is 0 Å². The number of rotatable bonds is 9. The third kappa shape index (κ3) is 7.38. The van der Waals surface area contributed by atoms with Crippen molar-refractivity contribution in [3.8, 4) is 0 Å². The fourth-order valence-electron chi connectivity index (χ4n) is 3.10. The van der Waals surface area contributed by atoms with Crippen molar-refractivity contribution in [2.75, 3.05) is 45.9 Å². The maximum absolute atomic E-state index is 5.50. The van der Waals surface area contributed by atoms with Gasteiger partial charge >= 0.3 is 0 Å². The lowest BCUT2D eigenvalue weighted by molar-refractivity contribution is 0.00752. The molecule has 2 N–H and O–H groups in total. The Hall–Kier alpha value is -1.53. The summed E-state index contributed by atoms with van der Waals surface area (Å²) in [6, 6.07) is 4.42. The van der Waals surface area contributed by atoms with E-state index in [0.717, 1.165) is 64.1 Å². The highest BCUT2D eigenvalue weighted by molar-refractivity contribution is 5.79. The molecule has 0 aromatic carbocycles. The molecule has 0 spiro atoms. The Bertz CT molecular complexity index is 508. The first kappa shape index (κ1) is 20.8. The molecule has 1 aromatic rings. The van der Waals surface area contributed by atoms with Crippen molar-refractivity contribution in [2.45, 2.75) is 40.2 Å². The molecule has 0 radical (unpaired) electrons. The van der Waals surface area contributed by atoms with Crippen LogP contribution in [0.2, 0.25) is 0 Å². The van der Waals surface area contributed by atoms with E-state index in [-0.39, 0.29) is 0 Å². The molecule has 6 nitrogen and oxygen atoms in total. The van der Waals surface area contributed by atoms with Crippen LogP contribution in [0.3, 0.4) is 0 Å². The zero-order valence-corrected chi connectivity index (χ0v) is 16.8. The Morgan fingerprint density at radius 3 is 2.58 bits per heavy atom. The summed E-state index contributed by atoms with van der Waals surface area (Å²) < 4.78 is 10.9. The van der Waals surface area contributed by atoms with Gasteiger partial charge < -0.3 is 19.8 Å². The van der Waals surface area contributed by atoms with Crippen molar-refractivity contribution < 1.29 is 9.15 Å². The first-order valence-corrected chi connectivity index (χ1v) is 9.92. The van der Waals surface area contributed by atoms with E-state index in [4.69, 9.17) is 14.1 Å². The molecule has 1 aliphatic rings. The lowest BCUT2D eigenvalue weighted by atomic mass is 10.0. The molecular weight excluding hydrogens is 328 g/mol. The minimum absolute atomic E-state index is 0.482. The monoisotopic (exact) mass is 364 g/mol. The van der Waals surface area contributed by atoms with E-state index >= 15 is 0 Å². The van der Waals surface area contributed by atoms with E-state index < -0.39 is 0 Å². The average molecular weight is 365 g/mol. The van der Waals surface area contributed by atoms with Crippen LogP contribution in [0, 0.1) is 11.8 Å². The Morgan fingerprint density at radius 2 is 1.96 bits per heavy atom. The molecule has 0 bridgehead atoms.